The van der Waals surface area contributed by atoms with Crippen LogP contribution < -0.4 is 10.9 Å². The van der Waals surface area contributed by atoms with Gasteiger partial charge in [-0.15, -0.1) is 0 Å². The quantitative estimate of drug-likeness (QED) is 0.773. The van der Waals surface area contributed by atoms with E-state index in [4.69, 9.17) is 0 Å². The van der Waals surface area contributed by atoms with Gasteiger partial charge in [-0.3, -0.25) is 19.1 Å². The normalized spacial score (nSPS) is 10.5. The van der Waals surface area contributed by atoms with Gasteiger partial charge >= 0.3 is 0 Å². The van der Waals surface area contributed by atoms with E-state index in [0.717, 1.165) is 5.39 Å². The Labute approximate surface area is 120 Å². The van der Waals surface area contributed by atoms with Gasteiger partial charge in [0, 0.05) is 24.8 Å². The molecular formula is C15H12N4O2. The number of nitrogens with zero attached hydrogens (tertiary/aromatic N) is 3. The lowest BCUT2D eigenvalue weighted by Crippen LogP contribution is -2.28. The molecule has 6 heteroatoms. The van der Waals surface area contributed by atoms with Gasteiger partial charge in [-0.05, 0) is 30.3 Å². The summed E-state index contributed by atoms with van der Waals surface area (Å²) in [6.45, 7) is 0. The Bertz CT molecular complexity index is 872. The number of hydrogen-bond acceptors (Lipinski definition) is 4. The topological polar surface area (TPSA) is 76.9 Å². The summed E-state index contributed by atoms with van der Waals surface area (Å²) in [6.07, 6.45) is 4.73. The van der Waals surface area contributed by atoms with E-state index < -0.39 is 5.91 Å². The van der Waals surface area contributed by atoms with Crippen molar-refractivity contribution in [1.82, 2.24) is 14.5 Å². The molecule has 104 valence electrons. The van der Waals surface area contributed by atoms with Crippen LogP contribution in [0.4, 0.5) is 5.69 Å². The van der Waals surface area contributed by atoms with Crippen LogP contribution in [0, 0.1) is 0 Å². The van der Waals surface area contributed by atoms with Crippen molar-refractivity contribution < 1.29 is 4.79 Å². The van der Waals surface area contributed by atoms with Crippen molar-refractivity contribution in [3.63, 3.8) is 0 Å². The molecule has 0 aromatic carbocycles. The SMILES string of the molecule is Cn1c(=O)c(C(=O)Nc2cccnc2)cc2cccnc21. The van der Waals surface area contributed by atoms with Crippen LogP contribution >= 0.6 is 0 Å². The number of rotatable bonds is 2. The average molecular weight is 280 g/mol. The van der Waals surface area contributed by atoms with Gasteiger partial charge in [0.05, 0.1) is 11.9 Å². The lowest BCUT2D eigenvalue weighted by Gasteiger charge is -2.08. The van der Waals surface area contributed by atoms with Gasteiger partial charge in [0.1, 0.15) is 11.2 Å². The Balaban J connectivity index is 2.06. The van der Waals surface area contributed by atoms with E-state index in [1.165, 1.54) is 10.8 Å². The molecule has 3 heterocycles. The van der Waals surface area contributed by atoms with E-state index in [1.807, 2.05) is 6.07 Å². The molecule has 3 aromatic heterocycles. The summed E-state index contributed by atoms with van der Waals surface area (Å²) < 4.78 is 1.37. The summed E-state index contributed by atoms with van der Waals surface area (Å²) in [7, 11) is 1.60. The molecule has 1 amide bonds. The molecule has 21 heavy (non-hydrogen) atoms. The van der Waals surface area contributed by atoms with Crippen LogP contribution in [-0.4, -0.2) is 20.4 Å². The summed E-state index contributed by atoms with van der Waals surface area (Å²) in [6, 6.07) is 8.53. The maximum Gasteiger partial charge on any atom is 0.264 e. The van der Waals surface area contributed by atoms with Crippen molar-refractivity contribution >= 4 is 22.6 Å². The molecule has 0 spiro atoms. The molecule has 0 aliphatic carbocycles. The minimum absolute atomic E-state index is 0.0712. The highest BCUT2D eigenvalue weighted by Crippen LogP contribution is 2.11. The van der Waals surface area contributed by atoms with Crippen LogP contribution in [0.2, 0.25) is 0 Å². The number of hydrogen-bond donors (Lipinski definition) is 1. The highest BCUT2D eigenvalue weighted by molar-refractivity contribution is 6.05. The van der Waals surface area contributed by atoms with Gasteiger partial charge in [-0.25, -0.2) is 4.98 Å². The second-order valence-corrected chi connectivity index (χ2v) is 4.53. The first-order valence-electron chi connectivity index (χ1n) is 6.33. The average Bonchev–Trinajstić information content (AvgIpc) is 2.52. The Kier molecular flexibility index (Phi) is 3.19. The van der Waals surface area contributed by atoms with E-state index in [-0.39, 0.29) is 11.1 Å². The minimum Gasteiger partial charge on any atom is -0.320 e. The minimum atomic E-state index is -0.464. The molecule has 6 nitrogen and oxygen atoms in total. The largest absolute Gasteiger partial charge is 0.320 e. The molecule has 0 atom stereocenters. The third kappa shape index (κ3) is 2.38. The highest BCUT2D eigenvalue weighted by atomic mass is 16.2. The van der Waals surface area contributed by atoms with Gasteiger partial charge in [-0.1, -0.05) is 0 Å². The second-order valence-electron chi connectivity index (χ2n) is 4.53. The molecule has 0 unspecified atom stereocenters. The van der Waals surface area contributed by atoms with E-state index >= 15 is 0 Å². The Hall–Kier alpha value is -3.02. The zero-order valence-corrected chi connectivity index (χ0v) is 11.3. The van der Waals surface area contributed by atoms with E-state index in [1.54, 1.807) is 43.7 Å². The van der Waals surface area contributed by atoms with Crippen LogP contribution in [-0.2, 0) is 7.05 Å². The third-order valence-electron chi connectivity index (χ3n) is 3.13. The van der Waals surface area contributed by atoms with Crippen molar-refractivity contribution in [2.75, 3.05) is 5.32 Å². The van der Waals surface area contributed by atoms with Gasteiger partial charge < -0.3 is 5.32 Å². The van der Waals surface area contributed by atoms with E-state index in [0.29, 0.717) is 11.3 Å². The van der Waals surface area contributed by atoms with Crippen molar-refractivity contribution in [3.05, 3.63) is 64.8 Å². The lowest BCUT2D eigenvalue weighted by molar-refractivity contribution is 0.102. The smallest absolute Gasteiger partial charge is 0.264 e. The Morgan fingerprint density at radius 1 is 1.24 bits per heavy atom. The number of amides is 1. The lowest BCUT2D eigenvalue weighted by atomic mass is 10.2. The summed E-state index contributed by atoms with van der Waals surface area (Å²) in [5.41, 5.74) is 0.765. The summed E-state index contributed by atoms with van der Waals surface area (Å²) >= 11 is 0. The zero-order chi connectivity index (χ0) is 14.8. The van der Waals surface area contributed by atoms with Crippen LogP contribution in [0.25, 0.3) is 11.0 Å². The molecule has 3 aromatic rings. The van der Waals surface area contributed by atoms with Crippen LogP contribution in [0.5, 0.6) is 0 Å². The first-order chi connectivity index (χ1) is 10.2. The predicted octanol–water partition coefficient (Wildman–Crippen LogP) is 1.58. The molecule has 0 radical (unpaired) electrons. The zero-order valence-electron chi connectivity index (χ0n) is 11.3. The van der Waals surface area contributed by atoms with Crippen molar-refractivity contribution in [1.29, 1.82) is 0 Å². The first kappa shape index (κ1) is 13.0. The number of anilines is 1. The van der Waals surface area contributed by atoms with E-state index in [2.05, 4.69) is 15.3 Å². The maximum absolute atomic E-state index is 12.3. The monoisotopic (exact) mass is 280 g/mol. The number of pyridine rings is 3. The van der Waals surface area contributed by atoms with Crippen LogP contribution in [0.15, 0.2) is 53.7 Å². The Morgan fingerprint density at radius 2 is 2.05 bits per heavy atom. The predicted molar refractivity (Wildman–Crippen MR) is 79.2 cm³/mol. The highest BCUT2D eigenvalue weighted by Gasteiger charge is 2.14. The number of fused-ring (bicyclic) bond motifs is 1. The van der Waals surface area contributed by atoms with Gasteiger partial charge in [0.25, 0.3) is 11.5 Å². The maximum atomic E-state index is 12.3. The van der Waals surface area contributed by atoms with Crippen LogP contribution in [0.3, 0.4) is 0 Å². The molecular weight excluding hydrogens is 268 g/mol. The van der Waals surface area contributed by atoms with Crippen molar-refractivity contribution in [2.24, 2.45) is 7.05 Å². The fraction of sp³-hybridized carbons (Fsp3) is 0.0667. The summed E-state index contributed by atoms with van der Waals surface area (Å²) in [5.74, 6) is -0.464. The Morgan fingerprint density at radius 3 is 2.81 bits per heavy atom. The van der Waals surface area contributed by atoms with Gasteiger partial charge in [0.15, 0.2) is 0 Å². The van der Waals surface area contributed by atoms with E-state index in [9.17, 15) is 9.59 Å². The molecule has 0 aliphatic rings. The molecule has 3 rings (SSSR count). The third-order valence-corrected chi connectivity index (χ3v) is 3.13. The van der Waals surface area contributed by atoms with Crippen LogP contribution in [0.1, 0.15) is 10.4 Å². The number of nitrogens with one attached hydrogen (secondary N) is 1. The summed E-state index contributed by atoms with van der Waals surface area (Å²) in [5, 5.41) is 3.39. The standard InChI is InChI=1S/C15H12N4O2/c1-19-13-10(4-2-7-17-13)8-12(15(19)21)14(20)18-11-5-3-6-16-9-11/h2-9H,1H3,(H,18,20). The summed E-state index contributed by atoms with van der Waals surface area (Å²) in [4.78, 5) is 32.6. The molecule has 0 saturated carbocycles. The molecule has 0 fully saturated rings. The first-order valence-corrected chi connectivity index (χ1v) is 6.33. The number of carbonyl (C=O) groups is 1. The van der Waals surface area contributed by atoms with Gasteiger partial charge in [-0.2, -0.15) is 0 Å². The van der Waals surface area contributed by atoms with Gasteiger partial charge in [0.2, 0.25) is 0 Å². The molecule has 1 N–H and O–H groups in total. The molecule has 0 bridgehead atoms. The van der Waals surface area contributed by atoms with Crippen molar-refractivity contribution in [2.45, 2.75) is 0 Å². The molecule has 0 saturated heterocycles. The second kappa shape index (κ2) is 5.16. The molecule has 0 aliphatic heterocycles. The fourth-order valence-electron chi connectivity index (χ4n) is 2.09. The number of aryl methyl sites for hydroxylation is 1. The fourth-order valence-corrected chi connectivity index (χ4v) is 2.09. The number of carbonyl (C=O) groups excluding carboxylic acids is 1. The van der Waals surface area contributed by atoms with Crippen molar-refractivity contribution in [3.8, 4) is 0 Å². The number of aromatic nitrogens is 3.